The van der Waals surface area contributed by atoms with E-state index in [2.05, 4.69) is 26.3 Å². The maximum Gasteiger partial charge on any atom is 0.227 e. The minimum atomic E-state index is 0.605. The lowest BCUT2D eigenvalue weighted by atomic mass is 10.2. The van der Waals surface area contributed by atoms with Crippen molar-refractivity contribution in [2.45, 2.75) is 0 Å². The van der Waals surface area contributed by atoms with Crippen LogP contribution in [0.4, 0.5) is 11.6 Å². The van der Waals surface area contributed by atoms with E-state index in [0.717, 1.165) is 27.6 Å². The Morgan fingerprint density at radius 2 is 1.65 bits per heavy atom. The number of hydrogen-bond acceptors (Lipinski definition) is 3. The second-order valence-corrected chi connectivity index (χ2v) is 4.62. The number of hydrogen-bond donors (Lipinski definition) is 2. The zero-order valence-electron chi connectivity index (χ0n) is 10.7. The molecule has 4 aromatic rings. The van der Waals surface area contributed by atoms with Gasteiger partial charge in [-0.2, -0.15) is 0 Å². The van der Waals surface area contributed by atoms with Gasteiger partial charge in [-0.3, -0.25) is 0 Å². The highest BCUT2D eigenvalue weighted by molar-refractivity contribution is 6.04. The molecule has 0 fully saturated rings. The molecule has 0 saturated carbocycles. The number of anilines is 2. The predicted octanol–water partition coefficient (Wildman–Crippen LogP) is 3.85. The molecule has 96 valence electrons. The highest BCUT2D eigenvalue weighted by Gasteiger charge is 2.06. The smallest absolute Gasteiger partial charge is 0.227 e. The Bertz CT molecular complexity index is 881. The number of aromatic amines is 1. The van der Waals surface area contributed by atoms with Crippen LogP contribution in [0.3, 0.4) is 0 Å². The molecule has 2 N–H and O–H groups in total. The third-order valence-electron chi connectivity index (χ3n) is 3.27. The SMILES string of the molecule is c1ccc(Nc2ncc3[nH]c4ccccc4c3n2)cc1. The number of nitrogens with one attached hydrogen (secondary N) is 2. The summed E-state index contributed by atoms with van der Waals surface area (Å²) >= 11 is 0. The van der Waals surface area contributed by atoms with Crippen LogP contribution in [0.15, 0.2) is 60.8 Å². The second kappa shape index (κ2) is 4.35. The Hall–Kier alpha value is -2.88. The van der Waals surface area contributed by atoms with Crippen LogP contribution in [0.5, 0.6) is 0 Å². The van der Waals surface area contributed by atoms with E-state index in [4.69, 9.17) is 0 Å². The van der Waals surface area contributed by atoms with E-state index in [1.54, 1.807) is 0 Å². The van der Waals surface area contributed by atoms with Crippen molar-refractivity contribution >= 4 is 33.6 Å². The topological polar surface area (TPSA) is 53.6 Å². The minimum absolute atomic E-state index is 0.605. The van der Waals surface area contributed by atoms with E-state index >= 15 is 0 Å². The average Bonchev–Trinajstić information content (AvgIpc) is 2.86. The first-order chi connectivity index (χ1) is 9.90. The molecule has 0 aliphatic heterocycles. The van der Waals surface area contributed by atoms with Crippen LogP contribution in [0, 0.1) is 0 Å². The van der Waals surface area contributed by atoms with Gasteiger partial charge in [-0.15, -0.1) is 0 Å². The highest BCUT2D eigenvalue weighted by Crippen LogP contribution is 2.24. The number of aromatic nitrogens is 3. The number of nitrogens with zero attached hydrogens (tertiary/aromatic N) is 2. The van der Waals surface area contributed by atoms with E-state index in [-0.39, 0.29) is 0 Å². The average molecular weight is 260 g/mol. The number of rotatable bonds is 2. The van der Waals surface area contributed by atoms with Gasteiger partial charge in [0.1, 0.15) is 5.52 Å². The molecule has 0 unspecified atom stereocenters. The van der Waals surface area contributed by atoms with Crippen molar-refractivity contribution in [3.05, 3.63) is 60.8 Å². The lowest BCUT2D eigenvalue weighted by Crippen LogP contribution is -1.96. The molecule has 2 aromatic heterocycles. The van der Waals surface area contributed by atoms with Crippen molar-refractivity contribution in [2.24, 2.45) is 0 Å². The molecular weight excluding hydrogens is 248 g/mol. The first-order valence-corrected chi connectivity index (χ1v) is 6.46. The summed E-state index contributed by atoms with van der Waals surface area (Å²) in [6.45, 7) is 0. The lowest BCUT2D eigenvalue weighted by molar-refractivity contribution is 1.21. The van der Waals surface area contributed by atoms with Gasteiger partial charge in [-0.25, -0.2) is 9.97 Å². The molecule has 4 heteroatoms. The standard InChI is InChI=1S/C16H12N4/c1-2-6-11(7-3-1)18-16-17-10-14-15(20-16)12-8-4-5-9-13(12)19-14/h1-10,19H,(H,17,18,20). The summed E-state index contributed by atoms with van der Waals surface area (Å²) in [6, 6.07) is 18.0. The largest absolute Gasteiger partial charge is 0.352 e. The normalized spacial score (nSPS) is 11.0. The third-order valence-corrected chi connectivity index (χ3v) is 3.27. The molecule has 0 saturated heterocycles. The van der Waals surface area contributed by atoms with Gasteiger partial charge in [0.2, 0.25) is 5.95 Å². The van der Waals surface area contributed by atoms with E-state index in [1.165, 1.54) is 0 Å². The first kappa shape index (κ1) is 11.0. The molecule has 4 rings (SSSR count). The molecule has 2 heterocycles. The molecule has 0 aliphatic carbocycles. The fourth-order valence-electron chi connectivity index (χ4n) is 2.33. The Balaban J connectivity index is 1.83. The van der Waals surface area contributed by atoms with Crippen molar-refractivity contribution < 1.29 is 0 Å². The van der Waals surface area contributed by atoms with Crippen molar-refractivity contribution in [2.75, 3.05) is 5.32 Å². The Morgan fingerprint density at radius 1 is 0.850 bits per heavy atom. The minimum Gasteiger partial charge on any atom is -0.352 e. The Labute approximate surface area is 115 Å². The van der Waals surface area contributed by atoms with Gasteiger partial charge in [0.25, 0.3) is 0 Å². The summed E-state index contributed by atoms with van der Waals surface area (Å²) in [5.41, 5.74) is 3.94. The monoisotopic (exact) mass is 260 g/mol. The van der Waals surface area contributed by atoms with E-state index < -0.39 is 0 Å². The van der Waals surface area contributed by atoms with E-state index in [0.29, 0.717) is 5.95 Å². The predicted molar refractivity (Wildman–Crippen MR) is 81.1 cm³/mol. The Morgan fingerprint density at radius 3 is 2.55 bits per heavy atom. The number of para-hydroxylation sites is 2. The van der Waals surface area contributed by atoms with Crippen molar-refractivity contribution in [1.82, 2.24) is 15.0 Å². The summed E-state index contributed by atoms with van der Waals surface area (Å²) in [4.78, 5) is 12.3. The molecule has 0 aliphatic rings. The molecule has 2 aromatic carbocycles. The zero-order valence-corrected chi connectivity index (χ0v) is 10.7. The van der Waals surface area contributed by atoms with Crippen molar-refractivity contribution in [3.63, 3.8) is 0 Å². The Kier molecular flexibility index (Phi) is 2.39. The molecule has 0 radical (unpaired) electrons. The van der Waals surface area contributed by atoms with Crippen molar-refractivity contribution in [1.29, 1.82) is 0 Å². The fraction of sp³-hybridized carbons (Fsp3) is 0. The summed E-state index contributed by atoms with van der Waals surface area (Å²) in [7, 11) is 0. The van der Waals surface area contributed by atoms with Crippen molar-refractivity contribution in [3.8, 4) is 0 Å². The maximum absolute atomic E-state index is 4.61. The molecule has 0 atom stereocenters. The van der Waals surface area contributed by atoms with Crippen LogP contribution in [-0.2, 0) is 0 Å². The molecule has 0 amide bonds. The number of benzene rings is 2. The van der Waals surface area contributed by atoms with Gasteiger partial charge >= 0.3 is 0 Å². The van der Waals surface area contributed by atoms with E-state index in [9.17, 15) is 0 Å². The van der Waals surface area contributed by atoms with Gasteiger partial charge < -0.3 is 10.3 Å². The summed E-state index contributed by atoms with van der Waals surface area (Å²) < 4.78 is 0. The van der Waals surface area contributed by atoms with Gasteiger partial charge in [0, 0.05) is 16.6 Å². The van der Waals surface area contributed by atoms with Gasteiger partial charge in [0.15, 0.2) is 0 Å². The van der Waals surface area contributed by atoms with Crippen LogP contribution in [0.25, 0.3) is 21.9 Å². The molecule has 20 heavy (non-hydrogen) atoms. The third kappa shape index (κ3) is 1.78. The molecule has 0 bridgehead atoms. The maximum atomic E-state index is 4.61. The molecule has 0 spiro atoms. The second-order valence-electron chi connectivity index (χ2n) is 4.62. The van der Waals surface area contributed by atoms with Gasteiger partial charge in [-0.05, 0) is 18.2 Å². The number of H-pyrrole nitrogens is 1. The van der Waals surface area contributed by atoms with Gasteiger partial charge in [0.05, 0.1) is 11.7 Å². The van der Waals surface area contributed by atoms with Crippen LogP contribution in [-0.4, -0.2) is 15.0 Å². The summed E-state index contributed by atoms with van der Waals surface area (Å²) in [6.07, 6.45) is 1.81. The van der Waals surface area contributed by atoms with Crippen LogP contribution in [0.2, 0.25) is 0 Å². The quantitative estimate of drug-likeness (QED) is 0.575. The highest BCUT2D eigenvalue weighted by atomic mass is 15.1. The van der Waals surface area contributed by atoms with Gasteiger partial charge in [-0.1, -0.05) is 36.4 Å². The number of fused-ring (bicyclic) bond motifs is 3. The van der Waals surface area contributed by atoms with Crippen LogP contribution >= 0.6 is 0 Å². The van der Waals surface area contributed by atoms with E-state index in [1.807, 2.05) is 54.7 Å². The summed E-state index contributed by atoms with van der Waals surface area (Å²) in [5, 5.41) is 4.33. The summed E-state index contributed by atoms with van der Waals surface area (Å²) in [5.74, 6) is 0.605. The molecular formula is C16H12N4. The fourth-order valence-corrected chi connectivity index (χ4v) is 2.33. The zero-order chi connectivity index (χ0) is 13.4. The van der Waals surface area contributed by atoms with Crippen LogP contribution < -0.4 is 5.32 Å². The lowest BCUT2D eigenvalue weighted by Gasteiger charge is -2.03. The van der Waals surface area contributed by atoms with Crippen LogP contribution in [0.1, 0.15) is 0 Å². The molecule has 4 nitrogen and oxygen atoms in total. The first-order valence-electron chi connectivity index (χ1n) is 6.46.